The van der Waals surface area contributed by atoms with Crippen LogP contribution in [0.15, 0.2) is 0 Å². The van der Waals surface area contributed by atoms with Gasteiger partial charge in [0.2, 0.25) is 5.91 Å². The number of aliphatic carboxylic acids is 3. The molecule has 0 saturated carbocycles. The number of carboxylic acids is 3. The predicted octanol–water partition coefficient (Wildman–Crippen LogP) is -1.82. The van der Waals surface area contributed by atoms with E-state index in [9.17, 15) is 19.2 Å². The minimum atomic E-state index is -1.40. The van der Waals surface area contributed by atoms with E-state index in [1.807, 2.05) is 0 Å². The molecule has 5 N–H and O–H groups in total. The lowest BCUT2D eigenvalue weighted by atomic mass is 10.1. The number of carbonyl (C=O) groups excluding carboxylic acids is 1. The molecule has 9 heteroatoms. The van der Waals surface area contributed by atoms with Gasteiger partial charge in [0.05, 0.1) is 13.1 Å². The van der Waals surface area contributed by atoms with Crippen molar-refractivity contribution in [3.05, 3.63) is 0 Å². The van der Waals surface area contributed by atoms with Crippen molar-refractivity contribution in [1.29, 1.82) is 0 Å². The SMILES string of the molecule is NC(=O)CC[C@H](C(=O)O)N(CC(=O)O)CC(=O)O. The molecule has 9 nitrogen and oxygen atoms in total. The highest BCUT2D eigenvalue weighted by Gasteiger charge is 2.29. The van der Waals surface area contributed by atoms with Crippen molar-refractivity contribution in [2.24, 2.45) is 5.73 Å². The smallest absolute Gasteiger partial charge is 0.320 e. The van der Waals surface area contributed by atoms with Crippen LogP contribution < -0.4 is 5.73 Å². The zero-order valence-corrected chi connectivity index (χ0v) is 9.40. The second-order valence-electron chi connectivity index (χ2n) is 3.55. The molecule has 0 aliphatic rings. The third-order valence-electron chi connectivity index (χ3n) is 2.07. The van der Waals surface area contributed by atoms with Crippen molar-refractivity contribution >= 4 is 23.8 Å². The third kappa shape index (κ3) is 6.43. The van der Waals surface area contributed by atoms with E-state index in [0.29, 0.717) is 0 Å². The van der Waals surface area contributed by atoms with E-state index in [1.54, 1.807) is 0 Å². The van der Waals surface area contributed by atoms with Gasteiger partial charge in [0.15, 0.2) is 0 Å². The number of nitrogens with zero attached hydrogens (tertiary/aromatic N) is 1. The molecule has 0 aromatic rings. The molecule has 0 bridgehead atoms. The standard InChI is InChI=1S/C9H14N2O7/c10-6(12)2-1-5(9(17)18)11(3-7(13)14)4-8(15)16/h5H,1-4H2,(H2,10,12)(H,13,14)(H,15,16)(H,17,18)/t5-/m1/s1. The number of amides is 1. The molecule has 0 heterocycles. The van der Waals surface area contributed by atoms with E-state index in [4.69, 9.17) is 21.1 Å². The largest absolute Gasteiger partial charge is 0.480 e. The van der Waals surface area contributed by atoms with Crippen molar-refractivity contribution in [3.63, 3.8) is 0 Å². The number of rotatable bonds is 9. The summed E-state index contributed by atoms with van der Waals surface area (Å²) in [5.74, 6) is -4.87. The molecule has 1 atom stereocenters. The Kier molecular flexibility index (Phi) is 6.35. The molecule has 0 rings (SSSR count). The number of carbonyl (C=O) groups is 4. The van der Waals surface area contributed by atoms with Gasteiger partial charge in [-0.15, -0.1) is 0 Å². The Hall–Kier alpha value is -2.16. The van der Waals surface area contributed by atoms with Crippen molar-refractivity contribution in [2.45, 2.75) is 18.9 Å². The van der Waals surface area contributed by atoms with Crippen LogP contribution in [0, 0.1) is 0 Å². The Balaban J connectivity index is 4.83. The number of hydrogen-bond donors (Lipinski definition) is 4. The van der Waals surface area contributed by atoms with Crippen LogP contribution in [0.3, 0.4) is 0 Å². The first-order valence-electron chi connectivity index (χ1n) is 4.92. The molecule has 102 valence electrons. The average molecular weight is 262 g/mol. The molecule has 0 spiro atoms. The Labute approximate surface area is 102 Å². The van der Waals surface area contributed by atoms with Gasteiger partial charge < -0.3 is 21.1 Å². The van der Waals surface area contributed by atoms with Gasteiger partial charge in [0.25, 0.3) is 0 Å². The van der Waals surface area contributed by atoms with Crippen LogP contribution >= 0.6 is 0 Å². The summed E-state index contributed by atoms with van der Waals surface area (Å²) in [6.45, 7) is -1.50. The fraction of sp³-hybridized carbons (Fsp3) is 0.556. The van der Waals surface area contributed by atoms with E-state index >= 15 is 0 Å². The number of nitrogens with two attached hydrogens (primary N) is 1. The summed E-state index contributed by atoms with van der Waals surface area (Å²) in [5, 5.41) is 26.1. The molecular formula is C9H14N2O7. The summed E-state index contributed by atoms with van der Waals surface area (Å²) < 4.78 is 0. The van der Waals surface area contributed by atoms with Crippen LogP contribution in [0.25, 0.3) is 0 Å². The minimum absolute atomic E-state index is 0.245. The van der Waals surface area contributed by atoms with E-state index in [-0.39, 0.29) is 12.8 Å². The minimum Gasteiger partial charge on any atom is -0.480 e. The Morgan fingerprint density at radius 3 is 1.72 bits per heavy atom. The van der Waals surface area contributed by atoms with Gasteiger partial charge in [-0.1, -0.05) is 0 Å². The summed E-state index contributed by atoms with van der Waals surface area (Å²) in [5.41, 5.74) is 4.86. The third-order valence-corrected chi connectivity index (χ3v) is 2.07. The quantitative estimate of drug-likeness (QED) is 0.378. The number of hydrogen-bond acceptors (Lipinski definition) is 5. The predicted molar refractivity (Wildman–Crippen MR) is 56.7 cm³/mol. The molecule has 1 amide bonds. The summed E-state index contributed by atoms with van der Waals surface area (Å²) in [6, 6.07) is -1.38. The molecule has 18 heavy (non-hydrogen) atoms. The number of carboxylic acid groups (broad SMARTS) is 3. The topological polar surface area (TPSA) is 158 Å². The Morgan fingerprint density at radius 1 is 1.00 bits per heavy atom. The Bertz CT molecular complexity index is 339. The average Bonchev–Trinajstić information content (AvgIpc) is 2.14. The van der Waals surface area contributed by atoms with Crippen LogP contribution in [0.1, 0.15) is 12.8 Å². The summed E-state index contributed by atoms with van der Waals surface area (Å²) >= 11 is 0. The first-order chi connectivity index (χ1) is 8.23. The first-order valence-corrected chi connectivity index (χ1v) is 4.92. The van der Waals surface area contributed by atoms with Crippen molar-refractivity contribution in [1.82, 2.24) is 4.90 Å². The van der Waals surface area contributed by atoms with E-state index in [2.05, 4.69) is 0 Å². The van der Waals surface area contributed by atoms with Crippen LogP contribution in [-0.2, 0) is 19.2 Å². The molecule has 0 fully saturated rings. The maximum absolute atomic E-state index is 10.9. The lowest BCUT2D eigenvalue weighted by Gasteiger charge is -2.25. The maximum Gasteiger partial charge on any atom is 0.320 e. The highest BCUT2D eigenvalue weighted by atomic mass is 16.4. The highest BCUT2D eigenvalue weighted by Crippen LogP contribution is 2.07. The summed E-state index contributed by atoms with van der Waals surface area (Å²) in [4.78, 5) is 43.3. The lowest BCUT2D eigenvalue weighted by Crippen LogP contribution is -2.46. The fourth-order valence-corrected chi connectivity index (χ4v) is 1.36. The molecule has 0 radical (unpaired) electrons. The van der Waals surface area contributed by atoms with Gasteiger partial charge in [-0.25, -0.2) is 0 Å². The van der Waals surface area contributed by atoms with Crippen LogP contribution in [0.4, 0.5) is 0 Å². The van der Waals surface area contributed by atoms with Crippen LogP contribution in [-0.4, -0.2) is 63.2 Å². The van der Waals surface area contributed by atoms with Gasteiger partial charge in [-0.2, -0.15) is 0 Å². The van der Waals surface area contributed by atoms with Crippen molar-refractivity contribution in [3.8, 4) is 0 Å². The van der Waals surface area contributed by atoms with Crippen LogP contribution in [0.2, 0.25) is 0 Å². The summed E-state index contributed by atoms with van der Waals surface area (Å²) in [7, 11) is 0. The van der Waals surface area contributed by atoms with Gasteiger partial charge >= 0.3 is 17.9 Å². The second-order valence-corrected chi connectivity index (χ2v) is 3.55. The van der Waals surface area contributed by atoms with E-state index in [1.165, 1.54) is 0 Å². The van der Waals surface area contributed by atoms with Gasteiger partial charge in [-0.05, 0) is 6.42 Å². The molecule has 0 aliphatic carbocycles. The second kappa shape index (κ2) is 7.22. The molecule has 0 saturated heterocycles. The molecular weight excluding hydrogens is 248 g/mol. The molecule has 0 unspecified atom stereocenters. The molecule has 0 aromatic heterocycles. The molecule has 0 aromatic carbocycles. The van der Waals surface area contributed by atoms with Gasteiger partial charge in [-0.3, -0.25) is 24.1 Å². The van der Waals surface area contributed by atoms with E-state index < -0.39 is 42.9 Å². The van der Waals surface area contributed by atoms with Crippen LogP contribution in [0.5, 0.6) is 0 Å². The Morgan fingerprint density at radius 2 is 1.44 bits per heavy atom. The van der Waals surface area contributed by atoms with Gasteiger partial charge in [0, 0.05) is 6.42 Å². The first kappa shape index (κ1) is 15.8. The number of primary amides is 1. The maximum atomic E-state index is 10.9. The zero-order chi connectivity index (χ0) is 14.3. The molecule has 0 aliphatic heterocycles. The lowest BCUT2D eigenvalue weighted by molar-refractivity contribution is -0.149. The monoisotopic (exact) mass is 262 g/mol. The highest BCUT2D eigenvalue weighted by molar-refractivity contribution is 5.79. The fourth-order valence-electron chi connectivity index (χ4n) is 1.36. The van der Waals surface area contributed by atoms with E-state index in [0.717, 1.165) is 4.90 Å². The van der Waals surface area contributed by atoms with Crippen molar-refractivity contribution in [2.75, 3.05) is 13.1 Å². The summed E-state index contributed by atoms with van der Waals surface area (Å²) in [6.07, 6.45) is -0.516. The van der Waals surface area contributed by atoms with Gasteiger partial charge in [0.1, 0.15) is 6.04 Å². The van der Waals surface area contributed by atoms with Crippen molar-refractivity contribution < 1.29 is 34.5 Å². The zero-order valence-electron chi connectivity index (χ0n) is 9.40. The normalized spacial score (nSPS) is 12.1.